The molecule has 0 atom stereocenters. The van der Waals surface area contributed by atoms with Crippen molar-refractivity contribution in [2.75, 3.05) is 44.8 Å². The van der Waals surface area contributed by atoms with Crippen LogP contribution in [-0.2, 0) is 22.4 Å². The number of benzene rings is 2. The molecule has 2 aromatic carbocycles. The lowest BCUT2D eigenvalue weighted by atomic mass is 9.89. The van der Waals surface area contributed by atoms with Gasteiger partial charge in [0.2, 0.25) is 0 Å². The highest BCUT2D eigenvalue weighted by molar-refractivity contribution is 6.05. The molecule has 1 aliphatic carbocycles. The minimum atomic E-state index is -0.425. The SMILES string of the molecule is COc1ccc(N2CCN(C(=O)COC(=O)c3c4c(nc5ccc(C)cc35)CCCC4)CC2)cc1. The van der Waals surface area contributed by atoms with E-state index in [2.05, 4.69) is 4.90 Å². The van der Waals surface area contributed by atoms with E-state index in [1.54, 1.807) is 12.0 Å². The van der Waals surface area contributed by atoms with Crippen LogP contribution in [0.2, 0.25) is 0 Å². The van der Waals surface area contributed by atoms with Crippen molar-refractivity contribution in [3.63, 3.8) is 0 Å². The van der Waals surface area contributed by atoms with Gasteiger partial charge in [-0.15, -0.1) is 0 Å². The van der Waals surface area contributed by atoms with E-state index >= 15 is 0 Å². The number of esters is 1. The van der Waals surface area contributed by atoms with Gasteiger partial charge in [-0.2, -0.15) is 0 Å². The van der Waals surface area contributed by atoms with Gasteiger partial charge >= 0.3 is 5.97 Å². The fourth-order valence-electron chi connectivity index (χ4n) is 5.07. The first-order valence-corrected chi connectivity index (χ1v) is 12.3. The minimum Gasteiger partial charge on any atom is -0.497 e. The molecule has 7 nitrogen and oxygen atoms in total. The normalized spacial score (nSPS) is 15.6. The molecular weight excluding hydrogens is 442 g/mol. The number of rotatable bonds is 5. The summed E-state index contributed by atoms with van der Waals surface area (Å²) in [6, 6.07) is 13.9. The number of piperazine rings is 1. The molecule has 0 bridgehead atoms. The Morgan fingerprint density at radius 2 is 1.71 bits per heavy atom. The fraction of sp³-hybridized carbons (Fsp3) is 0.393. The van der Waals surface area contributed by atoms with Crippen LogP contribution < -0.4 is 9.64 Å². The number of hydrogen-bond acceptors (Lipinski definition) is 6. The standard InChI is InChI=1S/C28H31N3O4/c1-19-7-12-25-23(17-19)27(22-5-3-4-6-24(22)29-25)28(33)35-18-26(32)31-15-13-30(14-16-31)20-8-10-21(34-2)11-9-20/h7-12,17H,3-6,13-16,18H2,1-2H3. The number of aromatic nitrogens is 1. The lowest BCUT2D eigenvalue weighted by Crippen LogP contribution is -2.49. The zero-order valence-corrected chi connectivity index (χ0v) is 20.4. The Labute approximate surface area is 205 Å². The number of ether oxygens (including phenoxy) is 2. The van der Waals surface area contributed by atoms with E-state index in [4.69, 9.17) is 14.5 Å². The maximum absolute atomic E-state index is 13.3. The zero-order valence-electron chi connectivity index (χ0n) is 20.4. The molecule has 1 amide bonds. The second-order valence-corrected chi connectivity index (χ2v) is 9.28. The summed E-state index contributed by atoms with van der Waals surface area (Å²) in [6.07, 6.45) is 3.80. The Kier molecular flexibility index (Phi) is 6.57. The van der Waals surface area contributed by atoms with Gasteiger partial charge in [0.15, 0.2) is 6.61 Å². The summed E-state index contributed by atoms with van der Waals surface area (Å²) in [5, 5.41) is 0.816. The summed E-state index contributed by atoms with van der Waals surface area (Å²) in [4.78, 5) is 35.0. The first-order chi connectivity index (χ1) is 17.0. The Balaban J connectivity index is 1.24. The molecule has 1 aliphatic heterocycles. The molecule has 0 saturated carbocycles. The van der Waals surface area contributed by atoms with Crippen molar-refractivity contribution < 1.29 is 19.1 Å². The molecular formula is C28H31N3O4. The second-order valence-electron chi connectivity index (χ2n) is 9.28. The summed E-state index contributed by atoms with van der Waals surface area (Å²) in [6.45, 7) is 4.40. The molecule has 7 heteroatoms. The lowest BCUT2D eigenvalue weighted by Gasteiger charge is -2.36. The molecule has 0 radical (unpaired) electrons. The molecule has 3 aromatic rings. The number of carbonyl (C=O) groups is 2. The van der Waals surface area contributed by atoms with Gasteiger partial charge in [0.05, 0.1) is 18.2 Å². The molecule has 1 fully saturated rings. The van der Waals surface area contributed by atoms with Crippen molar-refractivity contribution in [1.82, 2.24) is 9.88 Å². The van der Waals surface area contributed by atoms with Crippen LogP contribution in [0.4, 0.5) is 5.69 Å². The Hall–Kier alpha value is -3.61. The average Bonchev–Trinajstić information content (AvgIpc) is 2.90. The van der Waals surface area contributed by atoms with Crippen molar-refractivity contribution in [2.24, 2.45) is 0 Å². The molecule has 1 aromatic heterocycles. The van der Waals surface area contributed by atoms with Gasteiger partial charge in [0, 0.05) is 42.9 Å². The van der Waals surface area contributed by atoms with Crippen LogP contribution in [0.3, 0.4) is 0 Å². The van der Waals surface area contributed by atoms with Crippen LogP contribution in [0, 0.1) is 6.92 Å². The summed E-state index contributed by atoms with van der Waals surface area (Å²) in [5.74, 6) is 0.241. The smallest absolute Gasteiger partial charge is 0.339 e. The number of aryl methyl sites for hydroxylation is 2. The van der Waals surface area contributed by atoms with E-state index in [1.807, 2.05) is 49.4 Å². The molecule has 0 spiro atoms. The third-order valence-corrected chi connectivity index (χ3v) is 7.02. The third-order valence-electron chi connectivity index (χ3n) is 7.02. The number of amides is 1. The van der Waals surface area contributed by atoms with Crippen LogP contribution >= 0.6 is 0 Å². The van der Waals surface area contributed by atoms with Crippen molar-refractivity contribution >= 4 is 28.5 Å². The van der Waals surface area contributed by atoms with Gasteiger partial charge in [-0.25, -0.2) is 4.79 Å². The summed E-state index contributed by atoms with van der Waals surface area (Å²) < 4.78 is 10.8. The highest BCUT2D eigenvalue weighted by Gasteiger charge is 2.26. The summed E-state index contributed by atoms with van der Waals surface area (Å²) >= 11 is 0. The largest absolute Gasteiger partial charge is 0.497 e. The lowest BCUT2D eigenvalue weighted by molar-refractivity contribution is -0.134. The van der Waals surface area contributed by atoms with E-state index in [1.165, 1.54) is 0 Å². The number of methoxy groups -OCH3 is 1. The molecule has 1 saturated heterocycles. The van der Waals surface area contributed by atoms with Gasteiger partial charge in [-0.05, 0) is 74.6 Å². The number of carbonyl (C=O) groups excluding carboxylic acids is 2. The quantitative estimate of drug-likeness (QED) is 0.523. The van der Waals surface area contributed by atoms with Gasteiger partial charge < -0.3 is 19.3 Å². The molecule has 2 aliphatic rings. The van der Waals surface area contributed by atoms with Crippen LogP contribution in [0.15, 0.2) is 42.5 Å². The van der Waals surface area contributed by atoms with Crippen LogP contribution in [0.1, 0.15) is 40.0 Å². The number of pyridine rings is 1. The van der Waals surface area contributed by atoms with E-state index in [9.17, 15) is 9.59 Å². The van der Waals surface area contributed by atoms with Gasteiger partial charge in [-0.1, -0.05) is 11.6 Å². The Morgan fingerprint density at radius 3 is 2.46 bits per heavy atom. The Bertz CT molecular complexity index is 1250. The first-order valence-electron chi connectivity index (χ1n) is 12.3. The fourth-order valence-corrected chi connectivity index (χ4v) is 5.07. The maximum atomic E-state index is 13.3. The molecule has 0 N–H and O–H groups in total. The minimum absolute atomic E-state index is 0.156. The maximum Gasteiger partial charge on any atom is 0.339 e. The molecule has 35 heavy (non-hydrogen) atoms. The number of hydrogen-bond donors (Lipinski definition) is 0. The van der Waals surface area contributed by atoms with Crippen LogP contribution in [0.25, 0.3) is 10.9 Å². The predicted octanol–water partition coefficient (Wildman–Crippen LogP) is 3.94. The Morgan fingerprint density at radius 1 is 0.971 bits per heavy atom. The van der Waals surface area contributed by atoms with Gasteiger partial charge in [0.1, 0.15) is 5.75 Å². The van der Waals surface area contributed by atoms with Crippen molar-refractivity contribution in [3.05, 3.63) is 64.8 Å². The van der Waals surface area contributed by atoms with Gasteiger partial charge in [0.25, 0.3) is 5.91 Å². The topological polar surface area (TPSA) is 72.0 Å². The number of nitrogens with zero attached hydrogens (tertiary/aromatic N) is 3. The van der Waals surface area contributed by atoms with Crippen molar-refractivity contribution in [1.29, 1.82) is 0 Å². The van der Waals surface area contributed by atoms with E-state index in [0.29, 0.717) is 18.7 Å². The highest BCUT2D eigenvalue weighted by atomic mass is 16.5. The second kappa shape index (κ2) is 9.94. The molecule has 2 heterocycles. The third kappa shape index (κ3) is 4.81. The van der Waals surface area contributed by atoms with Crippen molar-refractivity contribution in [2.45, 2.75) is 32.6 Å². The molecule has 0 unspecified atom stereocenters. The highest BCUT2D eigenvalue weighted by Crippen LogP contribution is 2.30. The summed E-state index contributed by atoms with van der Waals surface area (Å²) in [5.41, 5.74) is 5.54. The van der Waals surface area contributed by atoms with E-state index in [0.717, 1.165) is 77.9 Å². The van der Waals surface area contributed by atoms with Crippen molar-refractivity contribution in [3.8, 4) is 5.75 Å². The first kappa shape index (κ1) is 23.1. The van der Waals surface area contributed by atoms with Crippen LogP contribution in [-0.4, -0.2) is 61.7 Å². The predicted molar refractivity (Wildman–Crippen MR) is 135 cm³/mol. The number of fused-ring (bicyclic) bond motifs is 2. The molecule has 182 valence electrons. The van der Waals surface area contributed by atoms with Crippen LogP contribution in [0.5, 0.6) is 5.75 Å². The monoisotopic (exact) mass is 473 g/mol. The molecule has 5 rings (SSSR count). The van der Waals surface area contributed by atoms with Gasteiger partial charge in [-0.3, -0.25) is 9.78 Å². The summed E-state index contributed by atoms with van der Waals surface area (Å²) in [7, 11) is 1.65. The zero-order chi connectivity index (χ0) is 24.4. The average molecular weight is 474 g/mol. The van der Waals surface area contributed by atoms with E-state index < -0.39 is 5.97 Å². The number of anilines is 1. The van der Waals surface area contributed by atoms with E-state index in [-0.39, 0.29) is 12.5 Å².